The molecule has 8 heteroatoms. The quantitative estimate of drug-likeness (QED) is 0.678. The van der Waals surface area contributed by atoms with Crippen molar-refractivity contribution in [2.24, 2.45) is 4.99 Å². The zero-order valence-corrected chi connectivity index (χ0v) is 13.6. The van der Waals surface area contributed by atoms with Crippen molar-refractivity contribution in [2.45, 2.75) is 6.61 Å². The van der Waals surface area contributed by atoms with Gasteiger partial charge in [0.05, 0.1) is 17.3 Å². The van der Waals surface area contributed by atoms with Crippen molar-refractivity contribution < 1.29 is 9.57 Å². The SMILES string of the molecule is [O-][n+]1ccccc1CON1CCN/C1=N\c1cc(Cl)ccc1Cl. The molecule has 1 N–H and O–H groups in total. The minimum absolute atomic E-state index is 0.147. The van der Waals surface area contributed by atoms with Gasteiger partial charge in [0.15, 0.2) is 12.8 Å². The molecule has 1 saturated heterocycles. The highest BCUT2D eigenvalue weighted by Crippen LogP contribution is 2.28. The largest absolute Gasteiger partial charge is 0.618 e. The van der Waals surface area contributed by atoms with Crippen LogP contribution >= 0.6 is 23.2 Å². The number of halogens is 2. The Morgan fingerprint density at radius 3 is 3.00 bits per heavy atom. The number of hydrogen-bond acceptors (Lipinski definition) is 3. The second-order valence-electron chi connectivity index (χ2n) is 4.85. The van der Waals surface area contributed by atoms with E-state index in [0.29, 0.717) is 40.5 Å². The molecule has 2 heterocycles. The van der Waals surface area contributed by atoms with Crippen molar-refractivity contribution >= 4 is 34.8 Å². The first-order chi connectivity index (χ1) is 11.1. The van der Waals surface area contributed by atoms with Crippen LogP contribution in [-0.2, 0) is 11.4 Å². The number of nitrogens with one attached hydrogen (secondary N) is 1. The van der Waals surface area contributed by atoms with Crippen LogP contribution in [0.4, 0.5) is 5.69 Å². The van der Waals surface area contributed by atoms with Gasteiger partial charge in [0.2, 0.25) is 11.7 Å². The summed E-state index contributed by atoms with van der Waals surface area (Å²) in [4.78, 5) is 10.1. The summed E-state index contributed by atoms with van der Waals surface area (Å²) in [6.45, 7) is 1.44. The Bertz CT molecular complexity index is 739. The number of guanidine groups is 1. The van der Waals surface area contributed by atoms with Gasteiger partial charge in [0.25, 0.3) is 0 Å². The maximum Gasteiger partial charge on any atom is 0.223 e. The lowest BCUT2D eigenvalue weighted by atomic mass is 10.3. The zero-order valence-electron chi connectivity index (χ0n) is 12.1. The van der Waals surface area contributed by atoms with Crippen LogP contribution in [0.3, 0.4) is 0 Å². The fourth-order valence-corrected chi connectivity index (χ4v) is 2.42. The Morgan fingerprint density at radius 1 is 1.30 bits per heavy atom. The monoisotopic (exact) mass is 352 g/mol. The molecule has 0 saturated carbocycles. The number of rotatable bonds is 4. The van der Waals surface area contributed by atoms with E-state index in [-0.39, 0.29) is 6.61 Å². The smallest absolute Gasteiger partial charge is 0.223 e. The molecule has 0 radical (unpaired) electrons. The van der Waals surface area contributed by atoms with Gasteiger partial charge in [0.1, 0.15) is 0 Å². The van der Waals surface area contributed by atoms with E-state index in [1.807, 2.05) is 0 Å². The van der Waals surface area contributed by atoms with Crippen molar-refractivity contribution in [3.05, 3.63) is 63.5 Å². The van der Waals surface area contributed by atoms with E-state index >= 15 is 0 Å². The topological polar surface area (TPSA) is 63.8 Å². The fraction of sp³-hybridized carbons (Fsp3) is 0.200. The number of aromatic nitrogens is 1. The number of hydrogen-bond donors (Lipinski definition) is 1. The van der Waals surface area contributed by atoms with Crippen LogP contribution in [0.25, 0.3) is 0 Å². The van der Waals surface area contributed by atoms with Crippen LogP contribution in [0.1, 0.15) is 5.69 Å². The van der Waals surface area contributed by atoms with Gasteiger partial charge in [-0.1, -0.05) is 23.2 Å². The summed E-state index contributed by atoms with van der Waals surface area (Å²) in [5.74, 6) is 0.530. The van der Waals surface area contributed by atoms with E-state index in [1.54, 1.807) is 41.5 Å². The lowest BCUT2D eigenvalue weighted by Gasteiger charge is -2.16. The Labute approximate surface area is 143 Å². The maximum absolute atomic E-state index is 11.6. The lowest BCUT2D eigenvalue weighted by Crippen LogP contribution is -2.35. The minimum atomic E-state index is 0.147. The van der Waals surface area contributed by atoms with E-state index < -0.39 is 0 Å². The van der Waals surface area contributed by atoms with Crippen LogP contribution in [-0.4, -0.2) is 24.1 Å². The molecule has 3 rings (SSSR count). The van der Waals surface area contributed by atoms with Gasteiger partial charge in [-0.15, -0.1) is 0 Å². The molecule has 0 bridgehead atoms. The van der Waals surface area contributed by atoms with Crippen molar-refractivity contribution in [1.82, 2.24) is 10.4 Å². The molecule has 0 unspecified atom stereocenters. The Morgan fingerprint density at radius 2 is 2.17 bits per heavy atom. The van der Waals surface area contributed by atoms with E-state index in [4.69, 9.17) is 28.0 Å². The first-order valence-corrected chi connectivity index (χ1v) is 7.74. The normalized spacial score (nSPS) is 15.9. The molecule has 1 fully saturated rings. The molecule has 1 aliphatic rings. The van der Waals surface area contributed by atoms with Crippen LogP contribution in [0.15, 0.2) is 47.6 Å². The summed E-state index contributed by atoms with van der Waals surface area (Å²) < 4.78 is 0.772. The molecular formula is C15H14Cl2N4O2. The number of hydroxylamine groups is 2. The second-order valence-corrected chi connectivity index (χ2v) is 5.69. The molecular weight excluding hydrogens is 339 g/mol. The molecule has 0 amide bonds. The molecule has 0 spiro atoms. The number of pyridine rings is 1. The number of benzene rings is 1. The van der Waals surface area contributed by atoms with Crippen LogP contribution < -0.4 is 10.0 Å². The standard InChI is InChI=1S/C15H14Cl2N4O2/c16-11-4-5-13(17)14(9-11)19-15-18-6-8-21(15)23-10-12-3-1-2-7-20(12)22/h1-5,7,9H,6,8,10H2,(H,18,19). The number of nitrogens with zero attached hydrogens (tertiary/aromatic N) is 3. The number of aliphatic imine (C=N–C) groups is 1. The predicted molar refractivity (Wildman–Crippen MR) is 88.5 cm³/mol. The molecule has 1 aromatic carbocycles. The molecule has 23 heavy (non-hydrogen) atoms. The molecule has 0 atom stereocenters. The summed E-state index contributed by atoms with van der Waals surface area (Å²) in [5.41, 5.74) is 1.07. The highest BCUT2D eigenvalue weighted by molar-refractivity contribution is 6.35. The van der Waals surface area contributed by atoms with E-state index in [9.17, 15) is 5.21 Å². The average Bonchev–Trinajstić information content (AvgIpc) is 2.97. The summed E-state index contributed by atoms with van der Waals surface area (Å²) in [7, 11) is 0. The van der Waals surface area contributed by atoms with E-state index in [0.717, 1.165) is 4.73 Å². The summed E-state index contributed by atoms with van der Waals surface area (Å²) in [6.07, 6.45) is 1.43. The van der Waals surface area contributed by atoms with Gasteiger partial charge in [-0.25, -0.2) is 10.1 Å². The van der Waals surface area contributed by atoms with Gasteiger partial charge in [-0.3, -0.25) is 4.84 Å². The third-order valence-electron chi connectivity index (χ3n) is 3.24. The van der Waals surface area contributed by atoms with E-state index in [1.165, 1.54) is 6.20 Å². The van der Waals surface area contributed by atoms with Crippen molar-refractivity contribution in [1.29, 1.82) is 0 Å². The average molecular weight is 353 g/mol. The zero-order chi connectivity index (χ0) is 16.2. The van der Waals surface area contributed by atoms with Crippen molar-refractivity contribution in [3.63, 3.8) is 0 Å². The second kappa shape index (κ2) is 7.04. The van der Waals surface area contributed by atoms with Crippen LogP contribution in [0.2, 0.25) is 10.0 Å². The van der Waals surface area contributed by atoms with Crippen molar-refractivity contribution in [3.8, 4) is 0 Å². The molecule has 6 nitrogen and oxygen atoms in total. The first kappa shape index (κ1) is 15.9. The van der Waals surface area contributed by atoms with Crippen LogP contribution in [0, 0.1) is 5.21 Å². The van der Waals surface area contributed by atoms with Gasteiger partial charge in [-0.2, -0.15) is 4.73 Å². The Kier molecular flexibility index (Phi) is 4.85. The summed E-state index contributed by atoms with van der Waals surface area (Å²) in [6, 6.07) is 10.2. The maximum atomic E-state index is 11.6. The van der Waals surface area contributed by atoms with Gasteiger partial charge in [0, 0.05) is 23.7 Å². The molecule has 0 aliphatic carbocycles. The van der Waals surface area contributed by atoms with Gasteiger partial charge < -0.3 is 10.5 Å². The lowest BCUT2D eigenvalue weighted by molar-refractivity contribution is -0.617. The molecule has 120 valence electrons. The van der Waals surface area contributed by atoms with Crippen molar-refractivity contribution in [2.75, 3.05) is 13.1 Å². The third-order valence-corrected chi connectivity index (χ3v) is 3.80. The first-order valence-electron chi connectivity index (χ1n) is 6.98. The minimum Gasteiger partial charge on any atom is -0.618 e. The Hall–Kier alpha value is -2.02. The molecule has 1 aromatic heterocycles. The summed E-state index contributed by atoms with van der Waals surface area (Å²) in [5, 5.41) is 17.4. The van der Waals surface area contributed by atoms with Crippen LogP contribution in [0.5, 0.6) is 0 Å². The summed E-state index contributed by atoms with van der Waals surface area (Å²) >= 11 is 12.1. The molecule has 2 aromatic rings. The molecule has 1 aliphatic heterocycles. The highest BCUT2D eigenvalue weighted by atomic mass is 35.5. The predicted octanol–water partition coefficient (Wildman–Crippen LogP) is 2.65. The fourth-order valence-electron chi connectivity index (χ4n) is 2.09. The van der Waals surface area contributed by atoms with Gasteiger partial charge >= 0.3 is 0 Å². The highest BCUT2D eigenvalue weighted by Gasteiger charge is 2.21. The Balaban J connectivity index is 1.74. The van der Waals surface area contributed by atoms with E-state index in [2.05, 4.69) is 10.3 Å². The third kappa shape index (κ3) is 3.85. The van der Waals surface area contributed by atoms with Gasteiger partial charge in [-0.05, 0) is 24.3 Å².